The molecule has 2 heterocycles. The van der Waals surface area contributed by atoms with Gasteiger partial charge in [0.2, 0.25) is 5.91 Å². The number of rotatable bonds is 7. The first-order valence-corrected chi connectivity index (χ1v) is 9.74. The van der Waals surface area contributed by atoms with Crippen molar-refractivity contribution < 1.29 is 23.9 Å². The van der Waals surface area contributed by atoms with Gasteiger partial charge in [-0.2, -0.15) is 5.11 Å². The molecule has 0 spiro atoms. The normalized spacial score (nSPS) is 19.5. The van der Waals surface area contributed by atoms with E-state index in [1.807, 2.05) is 6.92 Å². The number of nitrogens with one attached hydrogen (secondary N) is 1. The van der Waals surface area contributed by atoms with E-state index < -0.39 is 29.8 Å². The average Bonchev–Trinajstić information content (AvgIpc) is 3.28. The van der Waals surface area contributed by atoms with E-state index in [1.54, 1.807) is 48.5 Å². The number of carbonyl (C=O) groups is 3. The molecule has 2 aliphatic heterocycles. The Morgan fingerprint density at radius 1 is 1.10 bits per heavy atom. The number of hydrogen-bond donors (Lipinski definition) is 1. The molecule has 0 unspecified atom stereocenters. The van der Waals surface area contributed by atoms with Crippen LogP contribution < -0.4 is 19.7 Å². The molecule has 31 heavy (non-hydrogen) atoms. The van der Waals surface area contributed by atoms with E-state index in [2.05, 4.69) is 15.7 Å². The van der Waals surface area contributed by atoms with Crippen molar-refractivity contribution in [3.63, 3.8) is 0 Å². The minimum Gasteiger partial charge on any atom is -0.497 e. The second-order valence-corrected chi connectivity index (χ2v) is 6.91. The summed E-state index contributed by atoms with van der Waals surface area (Å²) in [5, 5.41) is 11.8. The number of benzene rings is 2. The summed E-state index contributed by atoms with van der Waals surface area (Å²) in [5.41, 5.74) is 0.964. The molecule has 0 radical (unpaired) electrons. The van der Waals surface area contributed by atoms with E-state index in [-0.39, 0.29) is 6.54 Å². The average molecular weight is 423 g/mol. The molecule has 2 aromatic carbocycles. The molecule has 1 fully saturated rings. The molecular weight excluding hydrogens is 402 g/mol. The second kappa shape index (κ2) is 8.42. The summed E-state index contributed by atoms with van der Waals surface area (Å²) in [5.74, 6) is -0.105. The monoisotopic (exact) mass is 423 g/mol. The highest BCUT2D eigenvalue weighted by Gasteiger charge is 2.55. The van der Waals surface area contributed by atoms with Crippen molar-refractivity contribution >= 4 is 29.1 Å². The number of imide groups is 1. The number of anilines is 2. The Bertz CT molecular complexity index is 1040. The van der Waals surface area contributed by atoms with Crippen molar-refractivity contribution in [1.29, 1.82) is 0 Å². The third-order valence-corrected chi connectivity index (χ3v) is 4.92. The van der Waals surface area contributed by atoms with Gasteiger partial charge in [-0.3, -0.25) is 19.4 Å². The molecule has 0 aliphatic carbocycles. The lowest BCUT2D eigenvalue weighted by atomic mass is 10.1. The van der Waals surface area contributed by atoms with E-state index in [1.165, 1.54) is 12.1 Å². The highest BCUT2D eigenvalue weighted by atomic mass is 16.5. The van der Waals surface area contributed by atoms with Crippen molar-refractivity contribution in [3.8, 4) is 11.5 Å². The van der Waals surface area contributed by atoms with Gasteiger partial charge in [0, 0.05) is 11.8 Å². The zero-order valence-corrected chi connectivity index (χ0v) is 17.0. The van der Waals surface area contributed by atoms with Crippen molar-refractivity contribution in [2.75, 3.05) is 30.5 Å². The van der Waals surface area contributed by atoms with Gasteiger partial charge < -0.3 is 14.8 Å². The zero-order valence-electron chi connectivity index (χ0n) is 17.0. The molecule has 2 atom stereocenters. The van der Waals surface area contributed by atoms with Crippen LogP contribution in [-0.4, -0.2) is 55.1 Å². The second-order valence-electron chi connectivity index (χ2n) is 6.91. The molecule has 0 bridgehead atoms. The van der Waals surface area contributed by atoms with Gasteiger partial charge >= 0.3 is 0 Å². The summed E-state index contributed by atoms with van der Waals surface area (Å²) < 4.78 is 10.5. The third kappa shape index (κ3) is 3.91. The summed E-state index contributed by atoms with van der Waals surface area (Å²) in [6, 6.07) is 11.6. The van der Waals surface area contributed by atoms with Crippen molar-refractivity contribution in [2.45, 2.75) is 19.0 Å². The van der Waals surface area contributed by atoms with Gasteiger partial charge in [-0.1, -0.05) is 11.3 Å². The first kappa shape index (κ1) is 20.3. The lowest BCUT2D eigenvalue weighted by Gasteiger charge is -2.20. The first-order valence-electron chi connectivity index (χ1n) is 9.74. The van der Waals surface area contributed by atoms with Gasteiger partial charge in [-0.15, -0.1) is 0 Å². The van der Waals surface area contributed by atoms with Crippen LogP contribution in [0.4, 0.5) is 11.4 Å². The zero-order chi connectivity index (χ0) is 22.0. The van der Waals surface area contributed by atoms with Gasteiger partial charge in [0.1, 0.15) is 18.0 Å². The summed E-state index contributed by atoms with van der Waals surface area (Å²) >= 11 is 0. The molecular formula is C21H21N5O5. The highest BCUT2D eigenvalue weighted by molar-refractivity contribution is 6.25. The van der Waals surface area contributed by atoms with Gasteiger partial charge in [0.15, 0.2) is 12.1 Å². The Labute approximate surface area is 178 Å². The van der Waals surface area contributed by atoms with Crippen LogP contribution in [0.25, 0.3) is 0 Å². The standard InChI is InChI=1S/C21H21N5O5/c1-3-31-15-9-7-14(8-10-15)26-20(28)18-19(21(26)29)25(24-23-18)12-17(27)22-13-5-4-6-16(11-13)30-2/h4-11,18-19H,3,12H2,1-2H3,(H,22,27)/t18-,19+/m1/s1. The first-order chi connectivity index (χ1) is 15.0. The molecule has 10 nitrogen and oxygen atoms in total. The maximum atomic E-state index is 13.0. The predicted molar refractivity (Wildman–Crippen MR) is 111 cm³/mol. The molecule has 10 heteroatoms. The fraction of sp³-hybridized carbons (Fsp3) is 0.286. The molecule has 2 aromatic rings. The van der Waals surface area contributed by atoms with Crippen LogP contribution in [0.1, 0.15) is 6.92 Å². The lowest BCUT2D eigenvalue weighted by Crippen LogP contribution is -2.43. The van der Waals surface area contributed by atoms with Crippen LogP contribution >= 0.6 is 0 Å². The highest BCUT2D eigenvalue weighted by Crippen LogP contribution is 2.32. The largest absolute Gasteiger partial charge is 0.497 e. The number of fused-ring (bicyclic) bond motifs is 1. The molecule has 160 valence electrons. The Hall–Kier alpha value is -3.95. The van der Waals surface area contributed by atoms with Crippen LogP contribution in [0, 0.1) is 0 Å². The maximum Gasteiger partial charge on any atom is 0.263 e. The molecule has 2 aliphatic rings. The topological polar surface area (TPSA) is 113 Å². The van der Waals surface area contributed by atoms with Gasteiger partial charge in [-0.25, -0.2) is 4.90 Å². The number of methoxy groups -OCH3 is 1. The number of nitrogens with zero attached hydrogens (tertiary/aromatic N) is 4. The molecule has 0 aromatic heterocycles. The Morgan fingerprint density at radius 2 is 1.87 bits per heavy atom. The van der Waals surface area contributed by atoms with Gasteiger partial charge in [-0.05, 0) is 43.3 Å². The number of carbonyl (C=O) groups excluding carboxylic acids is 3. The number of amides is 3. The molecule has 1 saturated heterocycles. The van der Waals surface area contributed by atoms with Crippen LogP contribution in [0.3, 0.4) is 0 Å². The predicted octanol–water partition coefficient (Wildman–Crippen LogP) is 2.03. The minimum atomic E-state index is -0.969. The summed E-state index contributed by atoms with van der Waals surface area (Å²) in [7, 11) is 1.53. The van der Waals surface area contributed by atoms with Crippen LogP contribution in [-0.2, 0) is 14.4 Å². The Morgan fingerprint density at radius 3 is 2.58 bits per heavy atom. The SMILES string of the molecule is CCOc1ccc(N2C(=O)[C@@H]3[C@@H](N=NN3CC(=O)Nc3cccc(OC)c3)C2=O)cc1. The maximum absolute atomic E-state index is 13.0. The molecule has 4 rings (SSSR count). The number of ether oxygens (including phenoxy) is 2. The Kier molecular flexibility index (Phi) is 5.52. The van der Waals surface area contributed by atoms with Gasteiger partial charge in [0.25, 0.3) is 11.8 Å². The van der Waals surface area contributed by atoms with Crippen molar-refractivity contribution in [1.82, 2.24) is 5.01 Å². The lowest BCUT2D eigenvalue weighted by molar-refractivity contribution is -0.123. The summed E-state index contributed by atoms with van der Waals surface area (Å²) in [6.45, 7) is 2.16. The fourth-order valence-electron chi connectivity index (χ4n) is 3.51. The van der Waals surface area contributed by atoms with Crippen LogP contribution in [0.2, 0.25) is 0 Å². The number of hydrogen-bond acceptors (Lipinski definition) is 8. The van der Waals surface area contributed by atoms with E-state index in [9.17, 15) is 14.4 Å². The Balaban J connectivity index is 1.45. The minimum absolute atomic E-state index is 0.224. The van der Waals surface area contributed by atoms with E-state index in [0.29, 0.717) is 29.5 Å². The third-order valence-electron chi connectivity index (χ3n) is 4.92. The van der Waals surface area contributed by atoms with Crippen molar-refractivity contribution in [2.24, 2.45) is 10.3 Å². The fourth-order valence-corrected chi connectivity index (χ4v) is 3.51. The molecule has 0 saturated carbocycles. The molecule has 1 N–H and O–H groups in total. The van der Waals surface area contributed by atoms with Crippen LogP contribution in [0.15, 0.2) is 58.9 Å². The van der Waals surface area contributed by atoms with E-state index in [4.69, 9.17) is 9.47 Å². The van der Waals surface area contributed by atoms with Crippen molar-refractivity contribution in [3.05, 3.63) is 48.5 Å². The van der Waals surface area contributed by atoms with Gasteiger partial charge in [0.05, 0.1) is 19.4 Å². The van der Waals surface area contributed by atoms with E-state index in [0.717, 1.165) is 4.90 Å². The van der Waals surface area contributed by atoms with E-state index >= 15 is 0 Å². The van der Waals surface area contributed by atoms with Crippen LogP contribution in [0.5, 0.6) is 11.5 Å². The summed E-state index contributed by atoms with van der Waals surface area (Å²) in [6.07, 6.45) is 0. The smallest absolute Gasteiger partial charge is 0.263 e. The molecule has 3 amide bonds. The summed E-state index contributed by atoms with van der Waals surface area (Å²) in [4.78, 5) is 39.3. The quantitative estimate of drug-likeness (QED) is 0.682.